The first-order chi connectivity index (χ1) is 9.56. The molecule has 1 N–H and O–H groups in total. The third-order valence-electron chi connectivity index (χ3n) is 2.77. The Bertz CT molecular complexity index is 584. The van der Waals surface area contributed by atoms with Crippen LogP contribution in [0.25, 0.3) is 0 Å². The second-order valence-corrected chi connectivity index (χ2v) is 4.83. The van der Waals surface area contributed by atoms with Crippen molar-refractivity contribution in [1.29, 1.82) is 0 Å². The summed E-state index contributed by atoms with van der Waals surface area (Å²) < 4.78 is 32.6. The van der Waals surface area contributed by atoms with Crippen LogP contribution in [0.1, 0.15) is 19.4 Å². The van der Waals surface area contributed by atoms with E-state index in [2.05, 4.69) is 5.32 Å². The van der Waals surface area contributed by atoms with Crippen molar-refractivity contribution in [3.63, 3.8) is 0 Å². The van der Waals surface area contributed by atoms with Gasteiger partial charge in [-0.2, -0.15) is 0 Å². The molecule has 106 valence electrons. The van der Waals surface area contributed by atoms with E-state index in [-0.39, 0.29) is 11.5 Å². The van der Waals surface area contributed by atoms with Gasteiger partial charge in [0, 0.05) is 12.6 Å². The highest BCUT2D eigenvalue weighted by Crippen LogP contribution is 2.27. The Balaban J connectivity index is 2.12. The Labute approximate surface area is 117 Å². The Morgan fingerprint density at radius 3 is 2.35 bits per heavy atom. The lowest BCUT2D eigenvalue weighted by molar-refractivity contribution is 0.414. The molecule has 4 heteroatoms. The normalized spacial score (nSPS) is 10.8. The molecule has 2 aromatic carbocycles. The summed E-state index contributed by atoms with van der Waals surface area (Å²) >= 11 is 0. The van der Waals surface area contributed by atoms with Crippen LogP contribution in [0.2, 0.25) is 0 Å². The third-order valence-corrected chi connectivity index (χ3v) is 2.77. The highest BCUT2D eigenvalue weighted by molar-refractivity contribution is 5.35. The van der Waals surface area contributed by atoms with Crippen molar-refractivity contribution in [2.75, 3.05) is 0 Å². The van der Waals surface area contributed by atoms with E-state index in [9.17, 15) is 8.78 Å². The van der Waals surface area contributed by atoms with Crippen LogP contribution < -0.4 is 10.1 Å². The van der Waals surface area contributed by atoms with Crippen molar-refractivity contribution in [1.82, 2.24) is 5.32 Å². The Kier molecular flexibility index (Phi) is 4.69. The molecule has 0 aliphatic carbocycles. The number of hydrogen-bond donors (Lipinski definition) is 1. The summed E-state index contributed by atoms with van der Waals surface area (Å²) in [6.45, 7) is 4.62. The van der Waals surface area contributed by atoms with Gasteiger partial charge in [0.1, 0.15) is 0 Å². The van der Waals surface area contributed by atoms with Crippen molar-refractivity contribution in [3.8, 4) is 11.5 Å². The molecule has 0 aromatic heterocycles. The minimum absolute atomic E-state index is 0.0134. The number of para-hydroxylation sites is 1. The quantitative estimate of drug-likeness (QED) is 0.882. The van der Waals surface area contributed by atoms with Crippen LogP contribution in [0.5, 0.6) is 11.5 Å². The highest BCUT2D eigenvalue weighted by atomic mass is 19.1. The molecule has 0 bridgehead atoms. The van der Waals surface area contributed by atoms with E-state index in [1.54, 1.807) is 18.2 Å². The van der Waals surface area contributed by atoms with Gasteiger partial charge in [0.25, 0.3) is 0 Å². The number of hydrogen-bond acceptors (Lipinski definition) is 2. The summed E-state index contributed by atoms with van der Waals surface area (Å²) in [5.74, 6) is -0.989. The third kappa shape index (κ3) is 3.78. The SMILES string of the molecule is CC(C)NCc1ccc(Oc2ccccc2F)c(F)c1. The van der Waals surface area contributed by atoms with Gasteiger partial charge in [-0.15, -0.1) is 0 Å². The van der Waals surface area contributed by atoms with Crippen LogP contribution in [-0.4, -0.2) is 6.04 Å². The van der Waals surface area contributed by atoms with Crippen molar-refractivity contribution in [2.24, 2.45) is 0 Å². The average molecular weight is 277 g/mol. The molecule has 2 aromatic rings. The maximum absolute atomic E-state index is 13.9. The minimum atomic E-state index is -0.516. The molecule has 0 aliphatic heterocycles. The number of nitrogens with one attached hydrogen (secondary N) is 1. The molecular weight excluding hydrogens is 260 g/mol. The summed E-state index contributed by atoms with van der Waals surface area (Å²) in [7, 11) is 0. The highest BCUT2D eigenvalue weighted by Gasteiger charge is 2.09. The van der Waals surface area contributed by atoms with E-state index in [4.69, 9.17) is 4.74 Å². The number of halogens is 2. The van der Waals surface area contributed by atoms with Gasteiger partial charge in [-0.25, -0.2) is 8.78 Å². The fourth-order valence-electron chi connectivity index (χ4n) is 1.71. The Hall–Kier alpha value is -1.94. The molecule has 0 saturated carbocycles. The van der Waals surface area contributed by atoms with Crippen molar-refractivity contribution in [3.05, 3.63) is 59.7 Å². The van der Waals surface area contributed by atoms with E-state index >= 15 is 0 Å². The summed E-state index contributed by atoms with van der Waals surface area (Å²) in [6, 6.07) is 10.9. The zero-order chi connectivity index (χ0) is 14.5. The van der Waals surface area contributed by atoms with Crippen molar-refractivity contribution < 1.29 is 13.5 Å². The lowest BCUT2D eigenvalue weighted by Crippen LogP contribution is -2.21. The monoisotopic (exact) mass is 277 g/mol. The molecular formula is C16H17F2NO. The van der Waals surface area contributed by atoms with Gasteiger partial charge in [-0.05, 0) is 29.8 Å². The fourth-order valence-corrected chi connectivity index (χ4v) is 1.71. The fraction of sp³-hybridized carbons (Fsp3) is 0.250. The van der Waals surface area contributed by atoms with E-state index < -0.39 is 11.6 Å². The topological polar surface area (TPSA) is 21.3 Å². The predicted octanol–water partition coefficient (Wildman–Crippen LogP) is 4.26. The summed E-state index contributed by atoms with van der Waals surface area (Å²) in [5, 5.41) is 3.20. The average Bonchev–Trinajstić information content (AvgIpc) is 2.41. The maximum Gasteiger partial charge on any atom is 0.166 e. The number of ether oxygens (including phenoxy) is 1. The van der Waals surface area contributed by atoms with Gasteiger partial charge >= 0.3 is 0 Å². The first kappa shape index (κ1) is 14.5. The molecule has 2 rings (SSSR count). The molecule has 0 atom stereocenters. The molecule has 0 saturated heterocycles. The van der Waals surface area contributed by atoms with Gasteiger partial charge in [0.05, 0.1) is 0 Å². The van der Waals surface area contributed by atoms with E-state index in [0.29, 0.717) is 12.6 Å². The Morgan fingerprint density at radius 1 is 1.00 bits per heavy atom. The molecule has 0 heterocycles. The van der Waals surface area contributed by atoms with Gasteiger partial charge in [0.15, 0.2) is 23.1 Å². The summed E-state index contributed by atoms with van der Waals surface area (Å²) in [4.78, 5) is 0. The largest absolute Gasteiger partial charge is 0.451 e. The molecule has 0 amide bonds. The minimum Gasteiger partial charge on any atom is -0.451 e. The molecule has 0 aliphatic rings. The van der Waals surface area contributed by atoms with E-state index in [1.165, 1.54) is 24.3 Å². The first-order valence-corrected chi connectivity index (χ1v) is 6.50. The number of benzene rings is 2. The maximum atomic E-state index is 13.9. The second-order valence-electron chi connectivity index (χ2n) is 4.83. The van der Waals surface area contributed by atoms with E-state index in [1.807, 2.05) is 13.8 Å². The van der Waals surface area contributed by atoms with Gasteiger partial charge in [-0.3, -0.25) is 0 Å². The first-order valence-electron chi connectivity index (χ1n) is 6.50. The molecule has 0 spiro atoms. The lowest BCUT2D eigenvalue weighted by atomic mass is 10.2. The molecule has 0 unspecified atom stereocenters. The molecule has 2 nitrogen and oxygen atoms in total. The van der Waals surface area contributed by atoms with E-state index in [0.717, 1.165) is 5.56 Å². The molecule has 20 heavy (non-hydrogen) atoms. The predicted molar refractivity (Wildman–Crippen MR) is 74.8 cm³/mol. The van der Waals surface area contributed by atoms with Crippen LogP contribution in [0.4, 0.5) is 8.78 Å². The van der Waals surface area contributed by atoms with Gasteiger partial charge in [-0.1, -0.05) is 32.0 Å². The summed E-state index contributed by atoms with van der Waals surface area (Å²) in [6.07, 6.45) is 0. The molecule has 0 radical (unpaired) electrons. The summed E-state index contributed by atoms with van der Waals surface area (Å²) in [5.41, 5.74) is 0.817. The van der Waals surface area contributed by atoms with Crippen LogP contribution in [0.3, 0.4) is 0 Å². The zero-order valence-electron chi connectivity index (χ0n) is 11.5. The second kappa shape index (κ2) is 6.48. The van der Waals surface area contributed by atoms with Crippen LogP contribution in [-0.2, 0) is 6.54 Å². The van der Waals surface area contributed by atoms with Crippen LogP contribution in [0.15, 0.2) is 42.5 Å². The van der Waals surface area contributed by atoms with Crippen LogP contribution >= 0.6 is 0 Å². The van der Waals surface area contributed by atoms with Crippen LogP contribution in [0, 0.1) is 11.6 Å². The number of rotatable bonds is 5. The smallest absolute Gasteiger partial charge is 0.166 e. The Morgan fingerprint density at radius 2 is 1.70 bits per heavy atom. The van der Waals surface area contributed by atoms with Gasteiger partial charge < -0.3 is 10.1 Å². The zero-order valence-corrected chi connectivity index (χ0v) is 11.5. The molecule has 0 fully saturated rings. The van der Waals surface area contributed by atoms with Gasteiger partial charge in [0.2, 0.25) is 0 Å². The lowest BCUT2D eigenvalue weighted by Gasteiger charge is -2.11. The van der Waals surface area contributed by atoms with Crippen molar-refractivity contribution >= 4 is 0 Å². The standard InChI is InChI=1S/C16H17F2NO/c1-11(2)19-10-12-7-8-16(14(18)9-12)20-15-6-4-3-5-13(15)17/h3-9,11,19H,10H2,1-2H3. The van der Waals surface area contributed by atoms with Crippen molar-refractivity contribution in [2.45, 2.75) is 26.4 Å².